The minimum atomic E-state index is -0.847. The number of allylic oxidation sites excluding steroid dienone is 1. The highest BCUT2D eigenvalue weighted by Gasteiger charge is 2.23. The van der Waals surface area contributed by atoms with E-state index in [1.807, 2.05) is 129 Å². The number of nitrogens with two attached hydrogens (primary N) is 14. The molecule has 94 heavy (non-hydrogen) atoms. The van der Waals surface area contributed by atoms with Crippen LogP contribution < -0.4 is 99.2 Å². The van der Waals surface area contributed by atoms with E-state index in [1.54, 1.807) is 128 Å². The molecule has 22 heteroatoms. The second kappa shape index (κ2) is 35.3. The molecule has 9 aromatic carbocycles. The van der Waals surface area contributed by atoms with Crippen molar-refractivity contribution in [2.75, 3.05) is 68.8 Å². The number of pyridine rings is 2. The summed E-state index contributed by atoms with van der Waals surface area (Å²) in [5, 5.41) is 0.528. The van der Waals surface area contributed by atoms with Gasteiger partial charge in [0, 0.05) is 69.6 Å². The Kier molecular flexibility index (Phi) is 26.7. The van der Waals surface area contributed by atoms with Crippen molar-refractivity contribution in [2.45, 2.75) is 25.3 Å². The monoisotopic (exact) mass is 1300 g/mol. The topological polar surface area (TPSA) is 427 Å². The lowest BCUT2D eigenvalue weighted by Gasteiger charge is -2.21. The highest BCUT2D eigenvalue weighted by atomic mass is 35.5. The molecule has 20 nitrogen and oxygen atoms in total. The van der Waals surface area contributed by atoms with E-state index in [9.17, 15) is 0 Å². The number of ether oxygens (including phenoxy) is 4. The number of halogens is 2. The van der Waals surface area contributed by atoms with Gasteiger partial charge in [-0.15, -0.1) is 0 Å². The van der Waals surface area contributed by atoms with Crippen LogP contribution in [0.25, 0.3) is 11.1 Å². The lowest BCUT2D eigenvalue weighted by Crippen LogP contribution is -2.32. The Bertz CT molecular complexity index is 4050. The first-order chi connectivity index (χ1) is 44.9. The van der Waals surface area contributed by atoms with Crippen molar-refractivity contribution >= 4 is 91.6 Å². The van der Waals surface area contributed by atoms with Crippen LogP contribution >= 0.6 is 23.2 Å². The van der Waals surface area contributed by atoms with Crippen molar-refractivity contribution in [2.24, 2.45) is 11.5 Å². The summed E-state index contributed by atoms with van der Waals surface area (Å²) >= 11 is 11.4. The molecule has 0 spiro atoms. The number of hydrogen-bond acceptors (Lipinski definition) is 20. The number of anilines is 12. The Morgan fingerprint density at radius 2 is 0.723 bits per heavy atom. The first-order valence-electron chi connectivity index (χ1n) is 28.8. The number of alkyl halides is 1. The summed E-state index contributed by atoms with van der Waals surface area (Å²) in [5.74, 6) is 4.59. The minimum Gasteiger partial charge on any atom is -0.451 e. The largest absolute Gasteiger partial charge is 0.451 e. The number of benzene rings is 9. The van der Waals surface area contributed by atoms with Crippen molar-refractivity contribution in [1.29, 1.82) is 0 Å². The van der Waals surface area contributed by atoms with E-state index in [0.29, 0.717) is 109 Å². The molecule has 484 valence electrons. The lowest BCUT2D eigenvalue weighted by atomic mass is 10.0. The predicted molar refractivity (Wildman–Crippen MR) is 392 cm³/mol. The summed E-state index contributed by atoms with van der Waals surface area (Å²) in [6.07, 6.45) is 5.26. The Morgan fingerprint density at radius 1 is 0.362 bits per heavy atom. The molecule has 12 rings (SSSR count). The fraction of sp³-hybridized carbons (Fsp3) is 0.0556. The molecule has 0 fully saturated rings. The van der Waals surface area contributed by atoms with Crippen LogP contribution in [0.3, 0.4) is 0 Å². The van der Waals surface area contributed by atoms with E-state index in [4.69, 9.17) is 122 Å². The van der Waals surface area contributed by atoms with Crippen molar-refractivity contribution in [3.05, 3.63) is 277 Å². The highest BCUT2D eigenvalue weighted by molar-refractivity contribution is 6.32. The maximum atomic E-state index is 5.91. The number of nitrogen functional groups attached to an aromatic ring is 12. The fourth-order valence-corrected chi connectivity index (χ4v) is 8.35. The van der Waals surface area contributed by atoms with E-state index in [-0.39, 0.29) is 0 Å². The van der Waals surface area contributed by atoms with Crippen LogP contribution in [0.15, 0.2) is 266 Å². The van der Waals surface area contributed by atoms with E-state index in [2.05, 4.69) is 22.1 Å². The van der Waals surface area contributed by atoms with Gasteiger partial charge in [0.15, 0.2) is 34.5 Å². The average Bonchev–Trinajstić information content (AvgIpc) is 0.903. The number of nitrogens with zero attached hydrogens (tertiary/aromatic N) is 2. The van der Waals surface area contributed by atoms with Crippen molar-refractivity contribution < 1.29 is 18.9 Å². The highest BCUT2D eigenvalue weighted by Crippen LogP contribution is 2.38. The molecule has 0 radical (unpaired) electrons. The third kappa shape index (κ3) is 23.7. The van der Waals surface area contributed by atoms with Crippen LogP contribution in [-0.4, -0.2) is 15.0 Å². The van der Waals surface area contributed by atoms with Crippen LogP contribution in [0.4, 0.5) is 68.4 Å². The average molecular weight is 1300 g/mol. The minimum absolute atomic E-state index is 0.393. The van der Waals surface area contributed by atoms with Gasteiger partial charge in [-0.25, -0.2) is 4.98 Å². The van der Waals surface area contributed by atoms with Crippen LogP contribution in [0.1, 0.15) is 17.5 Å². The number of hydrogen-bond donors (Lipinski definition) is 14. The van der Waals surface area contributed by atoms with E-state index < -0.39 is 5.00 Å². The zero-order valence-corrected chi connectivity index (χ0v) is 53.3. The Hall–Kier alpha value is -12.1. The predicted octanol–water partition coefficient (Wildman–Crippen LogP) is 14.6. The van der Waals surface area contributed by atoms with Crippen molar-refractivity contribution in [3.8, 4) is 57.4 Å². The Balaban J connectivity index is 0.000000181. The number of aromatic nitrogens is 2. The molecule has 2 aromatic heterocycles. The molecular weight excluding hydrogens is 1220 g/mol. The molecule has 1 aliphatic carbocycles. The molecule has 0 aliphatic heterocycles. The molecule has 1 unspecified atom stereocenters. The number of para-hydroxylation sites is 10. The second-order valence-corrected chi connectivity index (χ2v) is 21.7. The molecule has 0 saturated heterocycles. The van der Waals surface area contributed by atoms with Gasteiger partial charge in [-0.2, -0.15) is 4.98 Å². The third-order valence-corrected chi connectivity index (χ3v) is 13.6. The molecule has 28 N–H and O–H groups in total. The molecule has 0 bridgehead atoms. The van der Waals surface area contributed by atoms with Crippen LogP contribution in [0.5, 0.6) is 46.3 Å². The standard InChI is InChI=1S/C18H16N2O2.C17H15N3O2.C14H16N2.C6H8Cl2N2.2C6H8N2.C5H7N3/c19-13-7-1-3-9-15(13)21-17-11-5-6-12-18(17)22-16-10-4-2-8-14(16)20;18-12-6-1-3-8-14(12)21-16-10-5-11-17(20-16)22-15-9-4-2-7-13(15)19;1-9-7-11(3-5-13(9)15)12-4-6-14(16)10(2)8-12;7-4-3-6(8,10)2-1-5(4)9;7-5-1-2-6(8)4-3-5;7-5-2-1-3-6(8)4-5;6-4-2-1-3-8-5(4)7/h1-12H,19-20H2;1-11H,18-19H2;3-8H,15-16H2,1-2H3;1-2H,3,9-10H2;2*1-4H,7-8H2;1-3H,6H2,(H2,7,8). The quantitative estimate of drug-likeness (QED) is 0.0362. The normalized spacial score (nSPS) is 12.4. The SMILES string of the molecule is Cc1cc(-c2ccc(N)c(C)c2)ccc1N.NC1=C(Cl)CC(N)(Cl)C=C1.Nc1ccc(N)cc1.Nc1cccc(N)c1.Nc1ccccc1Oc1cccc(Oc2ccccc2N)n1.Nc1ccccc1Oc1ccccc1Oc1ccccc1N.Nc1cccnc1N. The second-order valence-electron chi connectivity index (χ2n) is 20.6. The molecule has 1 aliphatic rings. The molecule has 1 atom stereocenters. The summed E-state index contributed by atoms with van der Waals surface area (Å²) in [4.78, 5) is 7.17. The summed E-state index contributed by atoms with van der Waals surface area (Å²) in [6.45, 7) is 4.03. The van der Waals surface area contributed by atoms with Crippen LogP contribution in [0, 0.1) is 13.8 Å². The molecule has 11 aromatic rings. The fourth-order valence-electron chi connectivity index (χ4n) is 7.80. The first kappa shape index (κ1) is 71.0. The van der Waals surface area contributed by atoms with Gasteiger partial charge in [0.25, 0.3) is 0 Å². The number of aryl methyl sites for hydroxylation is 2. The molecule has 2 heterocycles. The smallest absolute Gasteiger partial charge is 0.222 e. The molecule has 0 saturated carbocycles. The molecular formula is C72H78Cl2N16O4. The van der Waals surface area contributed by atoms with E-state index >= 15 is 0 Å². The van der Waals surface area contributed by atoms with Gasteiger partial charge < -0.3 is 99.2 Å². The third-order valence-electron chi connectivity index (χ3n) is 13.0. The van der Waals surface area contributed by atoms with Crippen LogP contribution in [0.2, 0.25) is 0 Å². The van der Waals surface area contributed by atoms with Gasteiger partial charge in [-0.3, -0.25) is 0 Å². The van der Waals surface area contributed by atoms with Gasteiger partial charge in [0.05, 0.1) is 28.4 Å². The van der Waals surface area contributed by atoms with Crippen molar-refractivity contribution in [3.63, 3.8) is 0 Å². The summed E-state index contributed by atoms with van der Waals surface area (Å²) in [5.41, 5.74) is 90.7. The summed E-state index contributed by atoms with van der Waals surface area (Å²) < 4.78 is 23.1. The van der Waals surface area contributed by atoms with Crippen LogP contribution in [-0.2, 0) is 0 Å². The van der Waals surface area contributed by atoms with E-state index in [1.165, 1.54) is 11.1 Å². The lowest BCUT2D eigenvalue weighted by molar-refractivity contribution is 0.421. The molecule has 0 amide bonds. The zero-order chi connectivity index (χ0) is 68.2. The first-order valence-corrected chi connectivity index (χ1v) is 29.6. The van der Waals surface area contributed by atoms with Gasteiger partial charge in [0.2, 0.25) is 11.8 Å². The van der Waals surface area contributed by atoms with Gasteiger partial charge >= 0.3 is 0 Å². The van der Waals surface area contributed by atoms with Crippen molar-refractivity contribution in [1.82, 2.24) is 9.97 Å². The van der Waals surface area contributed by atoms with Gasteiger partial charge in [0.1, 0.15) is 10.8 Å². The number of rotatable bonds is 9. The summed E-state index contributed by atoms with van der Waals surface area (Å²) in [7, 11) is 0. The zero-order valence-electron chi connectivity index (χ0n) is 51.8. The van der Waals surface area contributed by atoms with Gasteiger partial charge in [-0.1, -0.05) is 108 Å². The Morgan fingerprint density at radius 3 is 1.04 bits per heavy atom. The van der Waals surface area contributed by atoms with E-state index in [0.717, 1.165) is 33.9 Å². The maximum absolute atomic E-state index is 5.91. The van der Waals surface area contributed by atoms with Gasteiger partial charge in [-0.05, 0) is 188 Å². The maximum Gasteiger partial charge on any atom is 0.222 e. The summed E-state index contributed by atoms with van der Waals surface area (Å²) in [6, 6.07) is 71.6. The Labute approximate surface area is 557 Å².